The van der Waals surface area contributed by atoms with E-state index in [9.17, 15) is 40.7 Å². The van der Waals surface area contributed by atoms with Crippen molar-refractivity contribution in [2.75, 3.05) is 13.2 Å². The van der Waals surface area contributed by atoms with Gasteiger partial charge in [-0.05, 0) is 86.9 Å². The second-order valence-electron chi connectivity index (χ2n) is 12.5. The van der Waals surface area contributed by atoms with Gasteiger partial charge >= 0.3 is 18.3 Å². The molecule has 0 aliphatic heterocycles. The number of carbonyl (C=O) groups is 2. The van der Waals surface area contributed by atoms with Crippen LogP contribution in [0.5, 0.6) is 0 Å². The highest BCUT2D eigenvalue weighted by molar-refractivity contribution is 5.82. The first-order chi connectivity index (χ1) is 23.5. The van der Waals surface area contributed by atoms with Crippen LogP contribution in [0, 0.1) is 44.1 Å². The van der Waals surface area contributed by atoms with E-state index < -0.39 is 99.5 Å². The number of benzene rings is 2. The first kappa shape index (κ1) is 41.1. The van der Waals surface area contributed by atoms with E-state index in [0.717, 1.165) is 6.20 Å². The molecule has 0 radical (unpaired) electrons. The molecule has 0 saturated heterocycles. The molecule has 0 spiro atoms. The number of halogens is 9. The molecule has 1 aromatic heterocycles. The quantitative estimate of drug-likeness (QED) is 0.146. The minimum absolute atomic E-state index is 0.101. The fourth-order valence-corrected chi connectivity index (χ4v) is 6.05. The zero-order valence-corrected chi connectivity index (χ0v) is 28.6. The van der Waals surface area contributed by atoms with Gasteiger partial charge < -0.3 is 20.4 Å². The summed E-state index contributed by atoms with van der Waals surface area (Å²) in [4.78, 5) is 39.8. The number of ether oxygens (including phenoxy) is 1. The molecule has 3 aromatic rings. The van der Waals surface area contributed by atoms with Crippen molar-refractivity contribution in [1.29, 1.82) is 0 Å². The third-order valence-corrected chi connectivity index (χ3v) is 8.24. The van der Waals surface area contributed by atoms with Crippen molar-refractivity contribution >= 4 is 11.9 Å². The van der Waals surface area contributed by atoms with Gasteiger partial charge in [0.1, 0.15) is 23.5 Å². The first-order valence-electron chi connectivity index (χ1n) is 15.9. The van der Waals surface area contributed by atoms with Crippen LogP contribution in [0.3, 0.4) is 0 Å². The fraction of sp³-hybridized carbons (Fsp3) is 0.457. The minimum atomic E-state index is -5.45. The monoisotopic (exact) mass is 735 g/mol. The number of alkyl halides is 6. The van der Waals surface area contributed by atoms with E-state index in [4.69, 9.17) is 10.5 Å². The number of pyridine rings is 1. The number of aromatic nitrogens is 1. The summed E-state index contributed by atoms with van der Waals surface area (Å²) in [6, 6.07) is -2.19. The SMILES string of the molecule is CCOC(=O)C[C@H](NC(=O)C(CC(C)C)n1cc(CCN)c(C(F)(F)F)cc1=O)c1c(F)c(-c2c(C)cc(C)c(F)c2C)cc(C(F)(F)F)c1F. The Balaban J connectivity index is 2.35. The van der Waals surface area contributed by atoms with Gasteiger partial charge in [0.2, 0.25) is 5.91 Å². The Bertz CT molecular complexity index is 1850. The fourth-order valence-electron chi connectivity index (χ4n) is 6.05. The summed E-state index contributed by atoms with van der Waals surface area (Å²) < 4.78 is 137. The molecule has 1 unspecified atom stereocenters. The number of hydrogen-bond acceptors (Lipinski definition) is 5. The molecule has 1 heterocycles. The van der Waals surface area contributed by atoms with Crippen LogP contribution in [-0.4, -0.2) is 29.6 Å². The molecule has 3 rings (SSSR count). The topological polar surface area (TPSA) is 103 Å². The molecule has 0 aliphatic carbocycles. The standard InChI is InChI=1S/C35H38F9N3O4/c1-7-51-27(49)14-24(46-33(50)25(10-16(2)3)47-15-20(8-9-45)22(13-26(47)48)34(39,40)41)29-31(37)21(12-23(32(29)38)35(42,43)44)28-17(4)11-18(5)30(36)19(28)6/h11-13,15-16,24-25H,7-10,14,45H2,1-6H3,(H,46,50)/t24-,25?/m0/s1. The molecule has 0 saturated carbocycles. The van der Waals surface area contributed by atoms with Crippen LogP contribution in [0.15, 0.2) is 29.2 Å². The van der Waals surface area contributed by atoms with Crippen LogP contribution >= 0.6 is 0 Å². The Morgan fingerprint density at radius 1 is 0.902 bits per heavy atom. The summed E-state index contributed by atoms with van der Waals surface area (Å²) in [5.74, 6) is -7.58. The predicted molar refractivity (Wildman–Crippen MR) is 170 cm³/mol. The van der Waals surface area contributed by atoms with E-state index in [0.29, 0.717) is 4.57 Å². The lowest BCUT2D eigenvalue weighted by atomic mass is 9.88. The lowest BCUT2D eigenvalue weighted by Gasteiger charge is -2.28. The molecule has 3 N–H and O–H groups in total. The van der Waals surface area contributed by atoms with Gasteiger partial charge in [0.15, 0.2) is 0 Å². The molecule has 0 aliphatic rings. The zero-order chi connectivity index (χ0) is 38.7. The number of amides is 1. The normalized spacial score (nSPS) is 13.4. The summed E-state index contributed by atoms with van der Waals surface area (Å²) in [5, 5.41) is 2.17. The molecule has 7 nitrogen and oxygen atoms in total. The Hall–Kier alpha value is -4.34. The molecular formula is C35H38F9N3O4. The summed E-state index contributed by atoms with van der Waals surface area (Å²) in [5.41, 5.74) is -2.15. The molecule has 51 heavy (non-hydrogen) atoms. The van der Waals surface area contributed by atoms with Gasteiger partial charge in [0, 0.05) is 23.4 Å². The number of nitrogens with zero attached hydrogens (tertiary/aromatic N) is 1. The maximum Gasteiger partial charge on any atom is 0.419 e. The maximum atomic E-state index is 16.6. The largest absolute Gasteiger partial charge is 0.466 e. The van der Waals surface area contributed by atoms with Gasteiger partial charge in [-0.1, -0.05) is 19.9 Å². The van der Waals surface area contributed by atoms with Gasteiger partial charge in [-0.3, -0.25) is 14.4 Å². The van der Waals surface area contributed by atoms with Crippen molar-refractivity contribution in [3.05, 3.63) is 91.1 Å². The Kier molecular flexibility index (Phi) is 12.8. The van der Waals surface area contributed by atoms with Crippen molar-refractivity contribution in [2.24, 2.45) is 11.7 Å². The number of aryl methyl sites for hydroxylation is 2. The molecule has 1 amide bonds. The first-order valence-corrected chi connectivity index (χ1v) is 15.9. The van der Waals surface area contributed by atoms with Crippen LogP contribution in [0.4, 0.5) is 39.5 Å². The third-order valence-electron chi connectivity index (χ3n) is 8.24. The Morgan fingerprint density at radius 3 is 2.04 bits per heavy atom. The minimum Gasteiger partial charge on any atom is -0.466 e. The molecule has 2 atom stereocenters. The van der Waals surface area contributed by atoms with Gasteiger partial charge in [-0.15, -0.1) is 0 Å². The van der Waals surface area contributed by atoms with E-state index in [1.807, 2.05) is 0 Å². The molecule has 0 bridgehead atoms. The third kappa shape index (κ3) is 9.13. The predicted octanol–water partition coefficient (Wildman–Crippen LogP) is 7.79. The van der Waals surface area contributed by atoms with Crippen LogP contribution in [0.25, 0.3) is 11.1 Å². The van der Waals surface area contributed by atoms with Crippen molar-refractivity contribution in [3.8, 4) is 11.1 Å². The highest BCUT2D eigenvalue weighted by atomic mass is 19.4. The van der Waals surface area contributed by atoms with Gasteiger partial charge in [-0.25, -0.2) is 13.2 Å². The lowest BCUT2D eigenvalue weighted by molar-refractivity contribution is -0.144. The maximum absolute atomic E-state index is 16.6. The number of nitrogens with one attached hydrogen (secondary N) is 1. The molecule has 16 heteroatoms. The number of esters is 1. The van der Waals surface area contributed by atoms with E-state index in [1.54, 1.807) is 13.8 Å². The van der Waals surface area contributed by atoms with E-state index in [-0.39, 0.29) is 60.4 Å². The van der Waals surface area contributed by atoms with Crippen molar-refractivity contribution < 1.29 is 53.8 Å². The van der Waals surface area contributed by atoms with Crippen LogP contribution in [0.1, 0.15) is 84.6 Å². The van der Waals surface area contributed by atoms with Gasteiger partial charge in [0.05, 0.1) is 30.2 Å². The second-order valence-corrected chi connectivity index (χ2v) is 12.5. The van der Waals surface area contributed by atoms with Crippen LogP contribution in [-0.2, 0) is 33.1 Å². The molecule has 2 aromatic carbocycles. The zero-order valence-electron chi connectivity index (χ0n) is 28.6. The van der Waals surface area contributed by atoms with E-state index in [2.05, 4.69) is 5.32 Å². The average molecular weight is 736 g/mol. The Morgan fingerprint density at radius 2 is 1.51 bits per heavy atom. The number of hydrogen-bond donors (Lipinski definition) is 2. The highest BCUT2D eigenvalue weighted by Gasteiger charge is 2.41. The van der Waals surface area contributed by atoms with Gasteiger partial charge in [-0.2, -0.15) is 26.3 Å². The Labute approximate surface area is 288 Å². The number of rotatable bonds is 12. The molecular weight excluding hydrogens is 697 g/mol. The average Bonchev–Trinajstić information content (AvgIpc) is 2.99. The molecule has 0 fully saturated rings. The van der Waals surface area contributed by atoms with Crippen molar-refractivity contribution in [1.82, 2.24) is 9.88 Å². The van der Waals surface area contributed by atoms with Gasteiger partial charge in [0.25, 0.3) is 5.56 Å². The van der Waals surface area contributed by atoms with Crippen molar-refractivity contribution in [2.45, 2.75) is 85.2 Å². The number of carbonyl (C=O) groups excluding carboxylic acids is 2. The summed E-state index contributed by atoms with van der Waals surface area (Å²) in [6.45, 7) is 7.97. The second kappa shape index (κ2) is 15.9. The van der Waals surface area contributed by atoms with Crippen molar-refractivity contribution in [3.63, 3.8) is 0 Å². The molecule has 280 valence electrons. The van der Waals surface area contributed by atoms with Crippen LogP contribution in [0.2, 0.25) is 0 Å². The highest BCUT2D eigenvalue weighted by Crippen LogP contribution is 2.43. The summed E-state index contributed by atoms with van der Waals surface area (Å²) in [7, 11) is 0. The number of nitrogens with two attached hydrogens (primary N) is 1. The summed E-state index contributed by atoms with van der Waals surface area (Å²) >= 11 is 0. The van der Waals surface area contributed by atoms with Crippen LogP contribution < -0.4 is 16.6 Å². The van der Waals surface area contributed by atoms with E-state index in [1.165, 1.54) is 33.8 Å². The smallest absolute Gasteiger partial charge is 0.419 e. The van der Waals surface area contributed by atoms with E-state index >= 15 is 13.2 Å². The lowest BCUT2D eigenvalue weighted by Crippen LogP contribution is -2.41. The summed E-state index contributed by atoms with van der Waals surface area (Å²) in [6.07, 6.45) is -11.3.